The van der Waals surface area contributed by atoms with E-state index in [0.717, 1.165) is 12.5 Å². The molecule has 0 heterocycles. The Morgan fingerprint density at radius 2 is 2.10 bits per heavy atom. The van der Waals surface area contributed by atoms with E-state index in [9.17, 15) is 9.18 Å². The van der Waals surface area contributed by atoms with Gasteiger partial charge in [-0.3, -0.25) is 0 Å². The number of hydrogen-bond donors (Lipinski definition) is 1. The fourth-order valence-electron chi connectivity index (χ4n) is 3.13. The Balaban J connectivity index is 2.18. The van der Waals surface area contributed by atoms with Gasteiger partial charge in [0.1, 0.15) is 5.82 Å². The molecule has 2 rings (SSSR count). The third kappa shape index (κ3) is 3.84. The Bertz CT molecular complexity index is 542. The van der Waals surface area contributed by atoms with Gasteiger partial charge in [0, 0.05) is 19.2 Å². The second kappa shape index (κ2) is 6.74. The highest BCUT2D eigenvalue weighted by Crippen LogP contribution is 2.31. The van der Waals surface area contributed by atoms with Crippen molar-refractivity contribution in [3.8, 4) is 0 Å². The van der Waals surface area contributed by atoms with E-state index in [0.29, 0.717) is 23.2 Å². The summed E-state index contributed by atoms with van der Waals surface area (Å²) in [6, 6.07) is 5.24. The van der Waals surface area contributed by atoms with E-state index in [1.165, 1.54) is 31.4 Å². The Labute approximate surface area is 125 Å². The van der Waals surface area contributed by atoms with E-state index >= 15 is 0 Å². The molecular formula is C17H22FNO2. The molecule has 1 aliphatic rings. The number of carbonyl (C=O) groups is 1. The average Bonchev–Trinajstić information content (AvgIpc) is 2.45. The molecule has 2 atom stereocenters. The van der Waals surface area contributed by atoms with Gasteiger partial charge in [-0.05, 0) is 42.5 Å². The van der Waals surface area contributed by atoms with Crippen LogP contribution in [0.3, 0.4) is 0 Å². The molecule has 4 heteroatoms. The van der Waals surface area contributed by atoms with E-state index in [4.69, 9.17) is 5.11 Å². The Kier molecular flexibility index (Phi) is 4.99. The number of hydrogen-bond acceptors (Lipinski definition) is 2. The van der Waals surface area contributed by atoms with Gasteiger partial charge < -0.3 is 10.0 Å². The van der Waals surface area contributed by atoms with Crippen molar-refractivity contribution in [1.82, 2.24) is 0 Å². The number of halogens is 1. The molecule has 3 nitrogen and oxygen atoms in total. The van der Waals surface area contributed by atoms with Crippen LogP contribution in [-0.2, 0) is 4.79 Å². The molecule has 114 valence electrons. The number of carboxylic acids is 1. The molecule has 1 N–H and O–H groups in total. The van der Waals surface area contributed by atoms with Crippen LogP contribution in [0.25, 0.3) is 6.08 Å². The van der Waals surface area contributed by atoms with Gasteiger partial charge in [0.15, 0.2) is 0 Å². The first-order chi connectivity index (χ1) is 9.99. The zero-order valence-electron chi connectivity index (χ0n) is 12.6. The van der Waals surface area contributed by atoms with E-state index < -0.39 is 5.97 Å². The fourth-order valence-corrected chi connectivity index (χ4v) is 3.13. The minimum atomic E-state index is -1.03. The van der Waals surface area contributed by atoms with Crippen LogP contribution in [0, 0.1) is 11.7 Å². The Morgan fingerprint density at radius 3 is 2.71 bits per heavy atom. The zero-order chi connectivity index (χ0) is 15.4. The van der Waals surface area contributed by atoms with Crippen molar-refractivity contribution in [3.05, 3.63) is 35.7 Å². The molecule has 1 aromatic carbocycles. The fraction of sp³-hybridized carbons (Fsp3) is 0.471. The van der Waals surface area contributed by atoms with Crippen molar-refractivity contribution in [1.29, 1.82) is 0 Å². The van der Waals surface area contributed by atoms with Gasteiger partial charge in [0.05, 0.1) is 5.69 Å². The Hall–Kier alpha value is -1.84. The van der Waals surface area contributed by atoms with Gasteiger partial charge in [0.2, 0.25) is 0 Å². The minimum absolute atomic E-state index is 0.303. The van der Waals surface area contributed by atoms with Crippen LogP contribution in [0.5, 0.6) is 0 Å². The summed E-state index contributed by atoms with van der Waals surface area (Å²) in [6.07, 6.45) is 7.15. The van der Waals surface area contributed by atoms with Crippen LogP contribution in [0.1, 0.15) is 38.2 Å². The van der Waals surface area contributed by atoms with Crippen molar-refractivity contribution in [2.45, 2.75) is 38.6 Å². The highest BCUT2D eigenvalue weighted by Gasteiger charge is 2.26. The first-order valence-corrected chi connectivity index (χ1v) is 7.42. The van der Waals surface area contributed by atoms with Crippen molar-refractivity contribution in [3.63, 3.8) is 0 Å². The van der Waals surface area contributed by atoms with Crippen molar-refractivity contribution < 1.29 is 14.3 Å². The zero-order valence-corrected chi connectivity index (χ0v) is 12.6. The predicted octanol–water partition coefficient (Wildman–Crippen LogP) is 3.94. The normalized spacial score (nSPS) is 22.4. The molecule has 1 fully saturated rings. The summed E-state index contributed by atoms with van der Waals surface area (Å²) in [5, 5.41) is 8.60. The molecule has 1 aromatic rings. The van der Waals surface area contributed by atoms with Crippen LogP contribution in [0.2, 0.25) is 0 Å². The average molecular weight is 291 g/mol. The first kappa shape index (κ1) is 15.5. The number of carboxylic acid groups (broad SMARTS) is 1. The molecule has 0 aromatic heterocycles. The molecular weight excluding hydrogens is 269 g/mol. The summed E-state index contributed by atoms with van der Waals surface area (Å²) in [5.74, 6) is -0.773. The number of rotatable bonds is 4. The van der Waals surface area contributed by atoms with E-state index in [1.807, 2.05) is 11.9 Å². The third-order valence-electron chi connectivity index (χ3n) is 4.33. The van der Waals surface area contributed by atoms with Crippen molar-refractivity contribution in [2.75, 3.05) is 11.9 Å². The highest BCUT2D eigenvalue weighted by atomic mass is 19.1. The largest absolute Gasteiger partial charge is 0.478 e. The van der Waals surface area contributed by atoms with Crippen LogP contribution >= 0.6 is 0 Å². The summed E-state index contributed by atoms with van der Waals surface area (Å²) in [4.78, 5) is 12.5. The van der Waals surface area contributed by atoms with E-state index in [-0.39, 0.29) is 5.82 Å². The maximum absolute atomic E-state index is 14.3. The van der Waals surface area contributed by atoms with Crippen LogP contribution in [0.15, 0.2) is 24.3 Å². The second-order valence-electron chi connectivity index (χ2n) is 5.82. The molecule has 0 aliphatic heterocycles. The number of aliphatic carboxylic acids is 1. The lowest BCUT2D eigenvalue weighted by Crippen LogP contribution is -2.39. The molecule has 0 radical (unpaired) electrons. The van der Waals surface area contributed by atoms with Gasteiger partial charge in [-0.15, -0.1) is 0 Å². The SMILES string of the molecule is CC1CCCCC1N(C)c1ccc(C=CC(=O)O)cc1F. The Morgan fingerprint density at radius 1 is 1.38 bits per heavy atom. The summed E-state index contributed by atoms with van der Waals surface area (Å²) in [7, 11) is 1.94. The minimum Gasteiger partial charge on any atom is -0.478 e. The summed E-state index contributed by atoms with van der Waals surface area (Å²) >= 11 is 0. The lowest BCUT2D eigenvalue weighted by atomic mass is 9.85. The molecule has 2 unspecified atom stereocenters. The molecule has 21 heavy (non-hydrogen) atoms. The molecule has 0 amide bonds. The van der Waals surface area contributed by atoms with Crippen LogP contribution in [0.4, 0.5) is 10.1 Å². The number of anilines is 1. The summed E-state index contributed by atoms with van der Waals surface area (Å²) in [5.41, 5.74) is 1.14. The van der Waals surface area contributed by atoms with Gasteiger partial charge in [0.25, 0.3) is 0 Å². The predicted molar refractivity (Wildman–Crippen MR) is 82.9 cm³/mol. The first-order valence-electron chi connectivity index (χ1n) is 7.42. The highest BCUT2D eigenvalue weighted by molar-refractivity contribution is 5.85. The maximum Gasteiger partial charge on any atom is 0.328 e. The lowest BCUT2D eigenvalue weighted by molar-refractivity contribution is -0.131. The van der Waals surface area contributed by atoms with Gasteiger partial charge >= 0.3 is 5.97 Å². The van der Waals surface area contributed by atoms with Gasteiger partial charge in [-0.2, -0.15) is 0 Å². The number of nitrogens with zero attached hydrogens (tertiary/aromatic N) is 1. The quantitative estimate of drug-likeness (QED) is 0.854. The van der Waals surface area contributed by atoms with Gasteiger partial charge in [-0.25, -0.2) is 9.18 Å². The molecule has 0 bridgehead atoms. The molecule has 0 saturated heterocycles. The van der Waals surface area contributed by atoms with E-state index in [1.54, 1.807) is 12.1 Å². The molecule has 1 aliphatic carbocycles. The smallest absolute Gasteiger partial charge is 0.328 e. The molecule has 0 spiro atoms. The van der Waals surface area contributed by atoms with Crippen LogP contribution in [-0.4, -0.2) is 24.2 Å². The van der Waals surface area contributed by atoms with Gasteiger partial charge in [-0.1, -0.05) is 25.8 Å². The second-order valence-corrected chi connectivity index (χ2v) is 5.82. The topological polar surface area (TPSA) is 40.5 Å². The monoisotopic (exact) mass is 291 g/mol. The van der Waals surface area contributed by atoms with Crippen molar-refractivity contribution >= 4 is 17.7 Å². The molecule has 1 saturated carbocycles. The maximum atomic E-state index is 14.3. The standard InChI is InChI=1S/C17H22FNO2/c1-12-5-3-4-6-15(12)19(2)16-9-7-13(11-14(16)18)8-10-17(20)21/h7-12,15H,3-6H2,1-2H3,(H,20,21). The summed E-state index contributed by atoms with van der Waals surface area (Å²) in [6.45, 7) is 2.22. The third-order valence-corrected chi connectivity index (χ3v) is 4.33. The van der Waals surface area contributed by atoms with Crippen molar-refractivity contribution in [2.24, 2.45) is 5.92 Å². The lowest BCUT2D eigenvalue weighted by Gasteiger charge is -2.37. The van der Waals surface area contributed by atoms with Crippen LogP contribution < -0.4 is 4.90 Å². The summed E-state index contributed by atoms with van der Waals surface area (Å²) < 4.78 is 14.3. The van der Waals surface area contributed by atoms with E-state index in [2.05, 4.69) is 6.92 Å². The number of benzene rings is 1.